The van der Waals surface area contributed by atoms with E-state index in [2.05, 4.69) is 20.3 Å². The van der Waals surface area contributed by atoms with Gasteiger partial charge in [0.05, 0.1) is 22.9 Å². The number of amidine groups is 1. The summed E-state index contributed by atoms with van der Waals surface area (Å²) in [5.41, 5.74) is 11.3. The minimum atomic E-state index is 0. The Hall–Kier alpha value is -3.88. The Balaban J connectivity index is 0.00000304. The summed E-state index contributed by atoms with van der Waals surface area (Å²) in [6.07, 6.45) is 1.83. The Morgan fingerprint density at radius 1 is 1.08 bits per heavy atom. The number of H-pyrrole nitrogens is 1. The van der Waals surface area contributed by atoms with Crippen molar-refractivity contribution in [3.05, 3.63) is 89.2 Å². The number of nitrogens with zero attached hydrogens (tertiary/aromatic N) is 5. The molecule has 0 spiro atoms. The molecular formula is C26H25Cl2N7O. The number of ether oxygens (including phenoxy) is 1. The fourth-order valence-corrected chi connectivity index (χ4v) is 3.74. The van der Waals surface area contributed by atoms with Crippen molar-refractivity contribution < 1.29 is 4.74 Å². The molecule has 5 aromatic rings. The van der Waals surface area contributed by atoms with Crippen LogP contribution in [0.2, 0.25) is 5.02 Å². The van der Waals surface area contributed by atoms with Crippen molar-refractivity contribution in [2.75, 3.05) is 0 Å². The number of nitrogens with one attached hydrogen (secondary N) is 1. The van der Waals surface area contributed by atoms with Gasteiger partial charge in [-0.05, 0) is 80.6 Å². The molecule has 5 rings (SSSR count). The molecule has 8 nitrogen and oxygen atoms in total. The molecule has 0 amide bonds. The minimum absolute atomic E-state index is 0. The van der Waals surface area contributed by atoms with Gasteiger partial charge in [0, 0.05) is 22.2 Å². The van der Waals surface area contributed by atoms with Gasteiger partial charge in [0.25, 0.3) is 0 Å². The summed E-state index contributed by atoms with van der Waals surface area (Å²) < 4.78 is 7.58. The van der Waals surface area contributed by atoms with Crippen LogP contribution in [0.3, 0.4) is 0 Å². The molecule has 0 fully saturated rings. The molecule has 0 aliphatic carbocycles. The maximum Gasteiger partial charge on any atom is 0.138 e. The van der Waals surface area contributed by atoms with Gasteiger partial charge in [-0.2, -0.15) is 0 Å². The van der Waals surface area contributed by atoms with E-state index in [1.165, 1.54) is 0 Å². The number of halogens is 2. The number of nitrogens with two attached hydrogens (primary N) is 1. The topological polar surface area (TPSA) is 107 Å². The van der Waals surface area contributed by atoms with Crippen LogP contribution in [0.25, 0.3) is 28.1 Å². The molecule has 0 unspecified atom stereocenters. The zero-order chi connectivity index (χ0) is 24.4. The first-order valence-electron chi connectivity index (χ1n) is 11.2. The maximum absolute atomic E-state index is 6.12. The molecule has 184 valence electrons. The molecule has 0 aliphatic heterocycles. The Kier molecular flexibility index (Phi) is 7.57. The SMILES string of the molecule is CC(C)N=C(N)c1ccc2nc(-c3ccc(OCc4cn(-c5ccc(Cl)cc5)nn4)cc3)[nH]c2c1.Cl. The molecule has 0 bridgehead atoms. The lowest BCUT2D eigenvalue weighted by molar-refractivity contribution is 0.301. The second kappa shape index (κ2) is 10.8. The number of aromatic amines is 1. The first-order valence-corrected chi connectivity index (χ1v) is 11.6. The predicted octanol–water partition coefficient (Wildman–Crippen LogP) is 5.58. The van der Waals surface area contributed by atoms with Crippen molar-refractivity contribution in [2.45, 2.75) is 26.5 Å². The van der Waals surface area contributed by atoms with Crippen molar-refractivity contribution in [2.24, 2.45) is 10.7 Å². The number of fused-ring (bicyclic) bond motifs is 1. The molecule has 2 heterocycles. The smallest absolute Gasteiger partial charge is 0.138 e. The quantitative estimate of drug-likeness (QED) is 0.214. The first-order chi connectivity index (χ1) is 16.9. The Labute approximate surface area is 219 Å². The van der Waals surface area contributed by atoms with Gasteiger partial charge in [0.2, 0.25) is 0 Å². The summed E-state index contributed by atoms with van der Waals surface area (Å²) in [6.45, 7) is 4.30. The highest BCUT2D eigenvalue weighted by atomic mass is 35.5. The fraction of sp³-hybridized carbons (Fsp3) is 0.154. The fourth-order valence-electron chi connectivity index (χ4n) is 3.61. The van der Waals surface area contributed by atoms with Crippen molar-refractivity contribution in [3.8, 4) is 22.8 Å². The standard InChI is InChI=1S/C26H24ClN7O.ClH/c1-16(2)29-25(28)18-5-12-23-24(13-18)31-26(30-23)17-3-10-22(11-4-17)35-15-20-14-34(33-32-20)21-8-6-19(27)7-9-21;/h3-14,16H,15H2,1-2H3,(H2,28,29)(H,30,31);1H. The monoisotopic (exact) mass is 521 g/mol. The Bertz CT molecular complexity index is 1490. The molecule has 36 heavy (non-hydrogen) atoms. The van der Waals surface area contributed by atoms with E-state index in [0.717, 1.165) is 45.1 Å². The van der Waals surface area contributed by atoms with E-state index in [1.807, 2.05) is 86.8 Å². The van der Waals surface area contributed by atoms with Gasteiger partial charge < -0.3 is 15.5 Å². The van der Waals surface area contributed by atoms with Crippen LogP contribution in [0, 0.1) is 0 Å². The summed E-state index contributed by atoms with van der Waals surface area (Å²) in [4.78, 5) is 12.5. The van der Waals surface area contributed by atoms with Gasteiger partial charge in [-0.1, -0.05) is 16.8 Å². The molecule has 10 heteroatoms. The third-order valence-corrected chi connectivity index (χ3v) is 5.57. The van der Waals surface area contributed by atoms with E-state index in [9.17, 15) is 0 Å². The van der Waals surface area contributed by atoms with E-state index in [4.69, 9.17) is 27.1 Å². The molecule has 3 aromatic carbocycles. The van der Waals surface area contributed by atoms with Gasteiger partial charge in [-0.25, -0.2) is 9.67 Å². The molecule has 2 aromatic heterocycles. The average molecular weight is 522 g/mol. The molecule has 0 saturated carbocycles. The summed E-state index contributed by atoms with van der Waals surface area (Å²) in [5.74, 6) is 2.02. The third-order valence-electron chi connectivity index (χ3n) is 5.32. The van der Waals surface area contributed by atoms with Crippen LogP contribution in [0.15, 0.2) is 77.9 Å². The lowest BCUT2D eigenvalue weighted by atomic mass is 10.2. The van der Waals surface area contributed by atoms with Crippen molar-refractivity contribution >= 4 is 40.9 Å². The second-order valence-corrected chi connectivity index (χ2v) is 8.81. The average Bonchev–Trinajstić information content (AvgIpc) is 3.50. The van der Waals surface area contributed by atoms with E-state index in [1.54, 1.807) is 4.68 Å². The lowest BCUT2D eigenvalue weighted by Crippen LogP contribution is -2.15. The van der Waals surface area contributed by atoms with Crippen LogP contribution in [0.4, 0.5) is 0 Å². The van der Waals surface area contributed by atoms with Gasteiger partial charge in [0.15, 0.2) is 0 Å². The van der Waals surface area contributed by atoms with E-state index in [0.29, 0.717) is 17.5 Å². The Morgan fingerprint density at radius 2 is 1.83 bits per heavy atom. The number of hydrogen-bond acceptors (Lipinski definition) is 5. The van der Waals surface area contributed by atoms with E-state index >= 15 is 0 Å². The highest BCUT2D eigenvalue weighted by Gasteiger charge is 2.09. The number of hydrogen-bond donors (Lipinski definition) is 2. The van der Waals surface area contributed by atoms with Crippen LogP contribution in [0.1, 0.15) is 25.1 Å². The third kappa shape index (κ3) is 5.67. The summed E-state index contributed by atoms with van der Waals surface area (Å²) in [6, 6.07) is 21.1. The van der Waals surface area contributed by atoms with Crippen molar-refractivity contribution in [1.29, 1.82) is 0 Å². The number of benzene rings is 3. The zero-order valence-electron chi connectivity index (χ0n) is 19.7. The molecule has 0 radical (unpaired) electrons. The van der Waals surface area contributed by atoms with Crippen molar-refractivity contribution in [1.82, 2.24) is 25.0 Å². The molecular weight excluding hydrogens is 497 g/mol. The van der Waals surface area contributed by atoms with Crippen LogP contribution in [0.5, 0.6) is 5.75 Å². The van der Waals surface area contributed by atoms with Gasteiger partial charge in [-0.3, -0.25) is 4.99 Å². The van der Waals surface area contributed by atoms with Crippen LogP contribution in [-0.4, -0.2) is 36.8 Å². The summed E-state index contributed by atoms with van der Waals surface area (Å²) in [5, 5.41) is 9.00. The molecule has 0 saturated heterocycles. The summed E-state index contributed by atoms with van der Waals surface area (Å²) in [7, 11) is 0. The van der Waals surface area contributed by atoms with Crippen LogP contribution < -0.4 is 10.5 Å². The highest BCUT2D eigenvalue weighted by Crippen LogP contribution is 2.24. The highest BCUT2D eigenvalue weighted by molar-refractivity contribution is 6.30. The van der Waals surface area contributed by atoms with Gasteiger partial charge in [0.1, 0.15) is 29.7 Å². The zero-order valence-corrected chi connectivity index (χ0v) is 21.3. The van der Waals surface area contributed by atoms with Gasteiger partial charge in [-0.15, -0.1) is 17.5 Å². The van der Waals surface area contributed by atoms with E-state index in [-0.39, 0.29) is 18.4 Å². The number of aromatic nitrogens is 5. The van der Waals surface area contributed by atoms with E-state index < -0.39 is 0 Å². The maximum atomic E-state index is 6.12. The molecule has 0 atom stereocenters. The van der Waals surface area contributed by atoms with Crippen molar-refractivity contribution in [3.63, 3.8) is 0 Å². The minimum Gasteiger partial charge on any atom is -0.487 e. The molecule has 3 N–H and O–H groups in total. The normalized spacial score (nSPS) is 11.6. The lowest BCUT2D eigenvalue weighted by Gasteiger charge is -2.04. The second-order valence-electron chi connectivity index (χ2n) is 8.37. The first kappa shape index (κ1) is 25.2. The summed E-state index contributed by atoms with van der Waals surface area (Å²) >= 11 is 5.94. The van der Waals surface area contributed by atoms with Crippen LogP contribution >= 0.6 is 24.0 Å². The largest absolute Gasteiger partial charge is 0.487 e. The molecule has 0 aliphatic rings. The number of imidazole rings is 1. The number of rotatable bonds is 7. The van der Waals surface area contributed by atoms with Crippen LogP contribution in [-0.2, 0) is 6.61 Å². The van der Waals surface area contributed by atoms with Gasteiger partial charge >= 0.3 is 0 Å². The Morgan fingerprint density at radius 3 is 2.56 bits per heavy atom. The predicted molar refractivity (Wildman–Crippen MR) is 145 cm³/mol. The number of aliphatic imine (C=N–C) groups is 1.